The second kappa shape index (κ2) is 9.43. The zero-order valence-electron chi connectivity index (χ0n) is 15.5. The summed E-state index contributed by atoms with van der Waals surface area (Å²) in [4.78, 5) is 12.2. The minimum absolute atomic E-state index is 0.000960. The zero-order chi connectivity index (χ0) is 21.6. The lowest BCUT2D eigenvalue weighted by Crippen LogP contribution is -2.21. The standard InChI is InChI=1S/C21H16BrN3O4S/c22-16-8-10-17(11-9-16)25-30(27,28)19-6-3-5-18(12-19)24-21(26)14-29-20-7-2-1-4-15(20)13-23/h1-12,25H,14H2,(H,24,26). The smallest absolute Gasteiger partial charge is 0.262 e. The van der Waals surface area contributed by atoms with E-state index in [1.54, 1.807) is 54.6 Å². The molecule has 0 saturated heterocycles. The number of amides is 1. The van der Waals surface area contributed by atoms with Gasteiger partial charge in [0, 0.05) is 15.8 Å². The fraction of sp³-hybridized carbons (Fsp3) is 0.0476. The van der Waals surface area contributed by atoms with E-state index >= 15 is 0 Å². The molecule has 0 fully saturated rings. The summed E-state index contributed by atoms with van der Waals surface area (Å²) in [5, 5.41) is 11.6. The number of nitriles is 1. The Morgan fingerprint density at radius 1 is 1.00 bits per heavy atom. The van der Waals surface area contributed by atoms with Crippen LogP contribution in [0.3, 0.4) is 0 Å². The van der Waals surface area contributed by atoms with Gasteiger partial charge < -0.3 is 10.1 Å². The summed E-state index contributed by atoms with van der Waals surface area (Å²) in [6.45, 7) is -0.327. The first-order chi connectivity index (χ1) is 14.4. The van der Waals surface area contributed by atoms with E-state index in [0.717, 1.165) is 4.47 Å². The van der Waals surface area contributed by atoms with E-state index in [0.29, 0.717) is 22.7 Å². The molecule has 0 aliphatic carbocycles. The fourth-order valence-corrected chi connectivity index (χ4v) is 3.87. The second-order valence-electron chi connectivity index (χ2n) is 6.09. The molecule has 0 atom stereocenters. The number of nitrogens with zero attached hydrogens (tertiary/aromatic N) is 1. The maximum atomic E-state index is 12.6. The Balaban J connectivity index is 1.66. The van der Waals surface area contributed by atoms with Crippen LogP contribution in [0.15, 0.2) is 82.2 Å². The Kier molecular flexibility index (Phi) is 6.72. The molecular formula is C21H16BrN3O4S. The Bertz CT molecular complexity index is 1210. The molecule has 152 valence electrons. The highest BCUT2D eigenvalue weighted by Gasteiger charge is 2.15. The predicted octanol–water partition coefficient (Wildman–Crippen LogP) is 4.14. The largest absolute Gasteiger partial charge is 0.482 e. The number of benzene rings is 3. The lowest BCUT2D eigenvalue weighted by molar-refractivity contribution is -0.118. The van der Waals surface area contributed by atoms with Crippen LogP contribution < -0.4 is 14.8 Å². The molecule has 2 N–H and O–H groups in total. The highest BCUT2D eigenvalue weighted by Crippen LogP contribution is 2.21. The van der Waals surface area contributed by atoms with E-state index in [2.05, 4.69) is 26.0 Å². The minimum Gasteiger partial charge on any atom is -0.482 e. The molecule has 0 aliphatic rings. The number of ether oxygens (including phenoxy) is 1. The van der Waals surface area contributed by atoms with E-state index < -0.39 is 15.9 Å². The molecule has 9 heteroatoms. The Hall–Kier alpha value is -3.35. The topological polar surface area (TPSA) is 108 Å². The normalized spacial score (nSPS) is 10.7. The van der Waals surface area contributed by atoms with Crippen LogP contribution in [0.5, 0.6) is 5.75 Å². The predicted molar refractivity (Wildman–Crippen MR) is 117 cm³/mol. The van der Waals surface area contributed by atoms with Crippen LogP contribution >= 0.6 is 15.9 Å². The van der Waals surface area contributed by atoms with Crippen LogP contribution in [0.2, 0.25) is 0 Å². The van der Waals surface area contributed by atoms with Gasteiger partial charge in [-0.05, 0) is 54.6 Å². The van der Waals surface area contributed by atoms with Crippen molar-refractivity contribution < 1.29 is 17.9 Å². The molecule has 0 radical (unpaired) electrons. The third-order valence-electron chi connectivity index (χ3n) is 3.89. The highest BCUT2D eigenvalue weighted by atomic mass is 79.9. The average Bonchev–Trinajstić information content (AvgIpc) is 2.74. The average molecular weight is 486 g/mol. The molecule has 0 bridgehead atoms. The SMILES string of the molecule is N#Cc1ccccc1OCC(=O)Nc1cccc(S(=O)(=O)Nc2ccc(Br)cc2)c1. The van der Waals surface area contributed by atoms with Crippen molar-refractivity contribution in [3.63, 3.8) is 0 Å². The summed E-state index contributed by atoms with van der Waals surface area (Å²) < 4.78 is 33.9. The van der Waals surface area contributed by atoms with Gasteiger partial charge >= 0.3 is 0 Å². The van der Waals surface area contributed by atoms with E-state index in [9.17, 15) is 13.2 Å². The number of hydrogen-bond donors (Lipinski definition) is 2. The number of anilines is 2. The second-order valence-corrected chi connectivity index (χ2v) is 8.68. The number of halogens is 1. The molecule has 0 aliphatic heterocycles. The maximum absolute atomic E-state index is 12.6. The number of rotatable bonds is 7. The number of hydrogen-bond acceptors (Lipinski definition) is 5. The van der Waals surface area contributed by atoms with Crippen LogP contribution in [0.4, 0.5) is 11.4 Å². The molecule has 7 nitrogen and oxygen atoms in total. The van der Waals surface area contributed by atoms with E-state index in [-0.39, 0.29) is 11.5 Å². The van der Waals surface area contributed by atoms with Gasteiger partial charge in [-0.15, -0.1) is 0 Å². The van der Waals surface area contributed by atoms with Gasteiger partial charge in [0.1, 0.15) is 11.8 Å². The molecule has 0 saturated carbocycles. The van der Waals surface area contributed by atoms with Gasteiger partial charge in [-0.3, -0.25) is 9.52 Å². The summed E-state index contributed by atoms with van der Waals surface area (Å²) in [5.41, 5.74) is 1.03. The first-order valence-corrected chi connectivity index (χ1v) is 11.0. The summed E-state index contributed by atoms with van der Waals surface area (Å²) in [6.07, 6.45) is 0. The van der Waals surface area contributed by atoms with Gasteiger partial charge in [0.15, 0.2) is 6.61 Å². The van der Waals surface area contributed by atoms with Gasteiger partial charge in [0.2, 0.25) is 0 Å². The first-order valence-electron chi connectivity index (χ1n) is 8.67. The van der Waals surface area contributed by atoms with E-state index in [4.69, 9.17) is 10.00 Å². The zero-order valence-corrected chi connectivity index (χ0v) is 17.9. The van der Waals surface area contributed by atoms with Crippen LogP contribution in [-0.2, 0) is 14.8 Å². The fourth-order valence-electron chi connectivity index (χ4n) is 2.50. The molecule has 3 aromatic rings. The van der Waals surface area contributed by atoms with Crippen molar-refractivity contribution in [2.45, 2.75) is 4.90 Å². The molecule has 0 spiro atoms. The third kappa shape index (κ3) is 5.59. The van der Waals surface area contributed by atoms with Crippen molar-refractivity contribution in [2.75, 3.05) is 16.6 Å². The highest BCUT2D eigenvalue weighted by molar-refractivity contribution is 9.10. The molecule has 0 heterocycles. The molecular weight excluding hydrogens is 470 g/mol. The van der Waals surface area contributed by atoms with Crippen molar-refractivity contribution in [1.29, 1.82) is 5.26 Å². The molecule has 30 heavy (non-hydrogen) atoms. The molecule has 3 aromatic carbocycles. The maximum Gasteiger partial charge on any atom is 0.262 e. The number of carbonyl (C=O) groups excluding carboxylic acids is 1. The number of nitrogens with one attached hydrogen (secondary N) is 2. The van der Waals surface area contributed by atoms with Crippen molar-refractivity contribution in [2.24, 2.45) is 0 Å². The Labute approximate surface area is 182 Å². The molecule has 1 amide bonds. The monoisotopic (exact) mass is 485 g/mol. The lowest BCUT2D eigenvalue weighted by Gasteiger charge is -2.11. The number of para-hydroxylation sites is 1. The summed E-state index contributed by atoms with van der Waals surface area (Å²) in [5.74, 6) is -0.191. The minimum atomic E-state index is -3.83. The third-order valence-corrected chi connectivity index (χ3v) is 5.80. The van der Waals surface area contributed by atoms with Crippen molar-refractivity contribution in [3.8, 4) is 11.8 Å². The van der Waals surface area contributed by atoms with Gasteiger partial charge in [0.25, 0.3) is 15.9 Å². The summed E-state index contributed by atoms with van der Waals surface area (Å²) in [7, 11) is -3.83. The van der Waals surface area contributed by atoms with Crippen molar-refractivity contribution in [1.82, 2.24) is 0 Å². The molecule has 3 rings (SSSR count). The van der Waals surface area contributed by atoms with Crippen LogP contribution in [-0.4, -0.2) is 20.9 Å². The first kappa shape index (κ1) is 21.4. The Morgan fingerprint density at radius 2 is 1.73 bits per heavy atom. The molecule has 0 unspecified atom stereocenters. The summed E-state index contributed by atoms with van der Waals surface area (Å²) >= 11 is 3.29. The summed E-state index contributed by atoms with van der Waals surface area (Å²) in [6, 6.07) is 21.1. The van der Waals surface area contributed by atoms with E-state index in [1.807, 2.05) is 6.07 Å². The van der Waals surface area contributed by atoms with Gasteiger partial charge in [-0.2, -0.15) is 5.26 Å². The number of sulfonamides is 1. The van der Waals surface area contributed by atoms with Crippen LogP contribution in [0.25, 0.3) is 0 Å². The number of carbonyl (C=O) groups is 1. The lowest BCUT2D eigenvalue weighted by atomic mass is 10.2. The quantitative estimate of drug-likeness (QED) is 0.522. The van der Waals surface area contributed by atoms with Gasteiger partial charge in [-0.25, -0.2) is 8.42 Å². The van der Waals surface area contributed by atoms with E-state index in [1.165, 1.54) is 18.2 Å². The van der Waals surface area contributed by atoms with Crippen molar-refractivity contribution >= 4 is 43.2 Å². The molecule has 0 aromatic heterocycles. The van der Waals surface area contributed by atoms with Gasteiger partial charge in [-0.1, -0.05) is 34.1 Å². The van der Waals surface area contributed by atoms with Crippen LogP contribution in [0.1, 0.15) is 5.56 Å². The Morgan fingerprint density at radius 3 is 2.47 bits per heavy atom. The van der Waals surface area contributed by atoms with Gasteiger partial charge in [0.05, 0.1) is 10.5 Å². The van der Waals surface area contributed by atoms with Crippen LogP contribution in [0, 0.1) is 11.3 Å². The van der Waals surface area contributed by atoms with Crippen molar-refractivity contribution in [3.05, 3.63) is 82.8 Å².